The Balaban J connectivity index is 1.93. The molecule has 0 aliphatic carbocycles. The fourth-order valence-corrected chi connectivity index (χ4v) is 5.67. The van der Waals surface area contributed by atoms with Crippen molar-refractivity contribution in [3.8, 4) is 0 Å². The first-order chi connectivity index (χ1) is 14.2. The molecule has 30 heavy (non-hydrogen) atoms. The molecule has 2 N–H and O–H groups in total. The van der Waals surface area contributed by atoms with Crippen LogP contribution in [0, 0.1) is 6.92 Å². The molecule has 0 spiro atoms. The standard InChI is InChI=1S/C18H22N2O7S3/c1-4-12-11(3)29-17(16(12)18(23)26-5-2)20-13(21)10-27-14(22)9-19-30(24,25)15-7-6-8-28-15/h6-8,19H,4-5,9-10H2,1-3H3,(H,20,21). The smallest absolute Gasteiger partial charge is 0.341 e. The largest absolute Gasteiger partial charge is 0.462 e. The fraction of sp³-hybridized carbons (Fsp3) is 0.389. The number of hydrogen-bond acceptors (Lipinski definition) is 9. The second-order valence-corrected chi connectivity index (χ2v) is 10.0. The van der Waals surface area contributed by atoms with Crippen LogP contribution < -0.4 is 10.0 Å². The van der Waals surface area contributed by atoms with Gasteiger partial charge in [-0.1, -0.05) is 13.0 Å². The van der Waals surface area contributed by atoms with E-state index in [1.54, 1.807) is 18.4 Å². The van der Waals surface area contributed by atoms with Crippen molar-refractivity contribution in [1.82, 2.24) is 4.72 Å². The van der Waals surface area contributed by atoms with Crippen LogP contribution in [-0.4, -0.2) is 46.0 Å². The number of carbonyl (C=O) groups excluding carboxylic acids is 3. The molecule has 164 valence electrons. The van der Waals surface area contributed by atoms with Crippen LogP contribution in [0.2, 0.25) is 0 Å². The van der Waals surface area contributed by atoms with Gasteiger partial charge in [-0.05, 0) is 37.3 Å². The molecule has 0 bridgehead atoms. The van der Waals surface area contributed by atoms with Crippen LogP contribution in [0.3, 0.4) is 0 Å². The van der Waals surface area contributed by atoms with E-state index in [9.17, 15) is 22.8 Å². The second-order valence-electron chi connectivity index (χ2n) is 5.88. The van der Waals surface area contributed by atoms with Gasteiger partial charge in [0.25, 0.3) is 15.9 Å². The maximum atomic E-state index is 12.3. The normalized spacial score (nSPS) is 11.2. The number of hydrogen-bond donors (Lipinski definition) is 2. The molecular formula is C18H22N2O7S3. The van der Waals surface area contributed by atoms with E-state index in [-0.39, 0.29) is 10.8 Å². The lowest BCUT2D eigenvalue weighted by Crippen LogP contribution is -2.32. The number of esters is 2. The molecule has 0 atom stereocenters. The monoisotopic (exact) mass is 474 g/mol. The van der Waals surface area contributed by atoms with Crippen LogP contribution in [-0.2, 0) is 35.5 Å². The summed E-state index contributed by atoms with van der Waals surface area (Å²) in [6, 6.07) is 2.98. The van der Waals surface area contributed by atoms with Gasteiger partial charge in [-0.2, -0.15) is 4.72 Å². The Kier molecular flexibility index (Phi) is 8.53. The number of aryl methyl sites for hydroxylation is 1. The van der Waals surface area contributed by atoms with Gasteiger partial charge in [-0.3, -0.25) is 9.59 Å². The van der Waals surface area contributed by atoms with Crippen LogP contribution in [0.1, 0.15) is 34.6 Å². The molecule has 1 amide bonds. The first-order valence-corrected chi connectivity index (χ1v) is 12.2. The summed E-state index contributed by atoms with van der Waals surface area (Å²) < 4.78 is 36.0. The van der Waals surface area contributed by atoms with E-state index in [1.807, 2.05) is 13.8 Å². The number of rotatable bonds is 10. The number of nitrogens with one attached hydrogen (secondary N) is 2. The molecule has 2 aromatic rings. The first-order valence-electron chi connectivity index (χ1n) is 8.97. The van der Waals surface area contributed by atoms with Gasteiger partial charge >= 0.3 is 11.9 Å². The minimum Gasteiger partial charge on any atom is -0.462 e. The summed E-state index contributed by atoms with van der Waals surface area (Å²) in [5.41, 5.74) is 1.08. The van der Waals surface area contributed by atoms with Crippen LogP contribution in [0.4, 0.5) is 5.00 Å². The highest BCUT2D eigenvalue weighted by molar-refractivity contribution is 7.91. The third kappa shape index (κ3) is 6.11. The topological polar surface area (TPSA) is 128 Å². The van der Waals surface area contributed by atoms with E-state index >= 15 is 0 Å². The van der Waals surface area contributed by atoms with Crippen molar-refractivity contribution in [2.45, 2.75) is 31.4 Å². The Bertz CT molecular complexity index is 1010. The van der Waals surface area contributed by atoms with Crippen LogP contribution >= 0.6 is 22.7 Å². The van der Waals surface area contributed by atoms with E-state index in [1.165, 1.54) is 17.4 Å². The zero-order chi connectivity index (χ0) is 22.3. The lowest BCUT2D eigenvalue weighted by Gasteiger charge is -2.09. The molecule has 0 aromatic carbocycles. The lowest BCUT2D eigenvalue weighted by atomic mass is 10.1. The van der Waals surface area contributed by atoms with Crippen LogP contribution in [0.15, 0.2) is 21.7 Å². The third-order valence-corrected chi connectivity index (χ3v) is 7.69. The van der Waals surface area contributed by atoms with E-state index < -0.39 is 41.0 Å². The number of ether oxygens (including phenoxy) is 2. The highest BCUT2D eigenvalue weighted by Gasteiger charge is 2.24. The Morgan fingerprint density at radius 3 is 2.50 bits per heavy atom. The van der Waals surface area contributed by atoms with Crippen molar-refractivity contribution < 1.29 is 32.3 Å². The summed E-state index contributed by atoms with van der Waals surface area (Å²) in [5, 5.41) is 4.48. The minimum absolute atomic E-state index is 0.0688. The molecule has 0 saturated heterocycles. The number of sulfonamides is 1. The number of carbonyl (C=O) groups is 3. The quantitative estimate of drug-likeness (QED) is 0.506. The predicted octanol–water partition coefficient (Wildman–Crippen LogP) is 2.32. The zero-order valence-electron chi connectivity index (χ0n) is 16.6. The average molecular weight is 475 g/mol. The molecule has 2 aromatic heterocycles. The lowest BCUT2D eigenvalue weighted by molar-refractivity contribution is -0.146. The first kappa shape index (κ1) is 24.0. The van der Waals surface area contributed by atoms with Crippen molar-refractivity contribution >= 4 is 55.5 Å². The Hall–Kier alpha value is -2.28. The molecule has 9 nitrogen and oxygen atoms in total. The molecule has 2 rings (SSSR count). The third-order valence-electron chi connectivity index (χ3n) is 3.83. The van der Waals surface area contributed by atoms with E-state index in [2.05, 4.69) is 10.0 Å². The summed E-state index contributed by atoms with van der Waals surface area (Å²) in [6.45, 7) is 4.38. The highest BCUT2D eigenvalue weighted by Crippen LogP contribution is 2.34. The molecule has 0 unspecified atom stereocenters. The number of thiophene rings is 2. The molecule has 0 aliphatic rings. The van der Waals surface area contributed by atoms with Crippen LogP contribution in [0.25, 0.3) is 0 Å². The maximum absolute atomic E-state index is 12.3. The maximum Gasteiger partial charge on any atom is 0.341 e. The minimum atomic E-state index is -3.81. The number of amides is 1. The summed E-state index contributed by atoms with van der Waals surface area (Å²) >= 11 is 2.24. The Morgan fingerprint density at radius 2 is 1.90 bits per heavy atom. The molecule has 0 aliphatic heterocycles. The summed E-state index contributed by atoms with van der Waals surface area (Å²) in [4.78, 5) is 37.1. The SMILES string of the molecule is CCOC(=O)c1c(NC(=O)COC(=O)CNS(=O)(=O)c2cccs2)sc(C)c1CC. The van der Waals surface area contributed by atoms with Gasteiger partial charge in [0.1, 0.15) is 15.8 Å². The molecule has 2 heterocycles. The van der Waals surface area contributed by atoms with Gasteiger partial charge < -0.3 is 14.8 Å². The van der Waals surface area contributed by atoms with Gasteiger partial charge in [0.2, 0.25) is 0 Å². The number of anilines is 1. The van der Waals surface area contributed by atoms with Crippen molar-refractivity contribution in [3.05, 3.63) is 33.5 Å². The van der Waals surface area contributed by atoms with E-state index in [0.717, 1.165) is 21.8 Å². The van der Waals surface area contributed by atoms with Gasteiger partial charge in [-0.15, -0.1) is 22.7 Å². The van der Waals surface area contributed by atoms with Crippen molar-refractivity contribution in [2.75, 3.05) is 25.1 Å². The average Bonchev–Trinajstić information content (AvgIpc) is 3.33. The second kappa shape index (κ2) is 10.7. The Labute approximate surface area is 182 Å². The molecular weight excluding hydrogens is 452 g/mol. The van der Waals surface area contributed by atoms with E-state index in [4.69, 9.17) is 9.47 Å². The summed E-state index contributed by atoms with van der Waals surface area (Å²) in [6.07, 6.45) is 0.589. The predicted molar refractivity (Wildman–Crippen MR) is 113 cm³/mol. The molecule has 0 radical (unpaired) electrons. The molecule has 0 saturated carbocycles. The highest BCUT2D eigenvalue weighted by atomic mass is 32.2. The van der Waals surface area contributed by atoms with Gasteiger partial charge in [0.15, 0.2) is 6.61 Å². The van der Waals surface area contributed by atoms with Crippen LogP contribution in [0.5, 0.6) is 0 Å². The van der Waals surface area contributed by atoms with Gasteiger partial charge in [0.05, 0.1) is 12.2 Å². The summed E-state index contributed by atoms with van der Waals surface area (Å²) in [5.74, 6) is -2.10. The van der Waals surface area contributed by atoms with Crippen molar-refractivity contribution in [3.63, 3.8) is 0 Å². The van der Waals surface area contributed by atoms with Crippen molar-refractivity contribution in [2.24, 2.45) is 0 Å². The molecule has 12 heteroatoms. The summed E-state index contributed by atoms with van der Waals surface area (Å²) in [7, 11) is -3.81. The van der Waals surface area contributed by atoms with E-state index in [0.29, 0.717) is 17.0 Å². The zero-order valence-corrected chi connectivity index (χ0v) is 19.1. The van der Waals surface area contributed by atoms with Crippen molar-refractivity contribution in [1.29, 1.82) is 0 Å². The fourth-order valence-electron chi connectivity index (χ4n) is 2.51. The molecule has 0 fully saturated rings. The Morgan fingerprint density at radius 1 is 1.17 bits per heavy atom. The van der Waals surface area contributed by atoms with Gasteiger partial charge in [0, 0.05) is 4.88 Å². The van der Waals surface area contributed by atoms with Gasteiger partial charge in [-0.25, -0.2) is 13.2 Å².